The summed E-state index contributed by atoms with van der Waals surface area (Å²) in [7, 11) is 0. The second-order valence-corrected chi connectivity index (χ2v) is 6.08. The number of carbonyl (C=O) groups is 1. The molecule has 0 amide bonds. The van der Waals surface area contributed by atoms with Gasteiger partial charge in [-0.1, -0.05) is 0 Å². The van der Waals surface area contributed by atoms with E-state index in [2.05, 4.69) is 4.90 Å². The number of rotatable bonds is 2. The molecule has 1 saturated heterocycles. The SMILES string of the molecule is CC(C(=O)OC(C)(C)C)N1CCSCC1. The van der Waals surface area contributed by atoms with Crippen molar-refractivity contribution < 1.29 is 9.53 Å². The first-order valence-electron chi connectivity index (χ1n) is 5.45. The second-order valence-electron chi connectivity index (χ2n) is 4.86. The summed E-state index contributed by atoms with van der Waals surface area (Å²) >= 11 is 1.95. The van der Waals surface area contributed by atoms with E-state index in [0.29, 0.717) is 0 Å². The summed E-state index contributed by atoms with van der Waals surface area (Å²) in [6, 6.07) is -0.106. The molecule has 15 heavy (non-hydrogen) atoms. The number of hydrogen-bond acceptors (Lipinski definition) is 4. The first-order valence-corrected chi connectivity index (χ1v) is 6.60. The van der Waals surface area contributed by atoms with Gasteiger partial charge in [-0.15, -0.1) is 0 Å². The van der Waals surface area contributed by atoms with Gasteiger partial charge in [0.25, 0.3) is 0 Å². The van der Waals surface area contributed by atoms with Crippen LogP contribution in [0.3, 0.4) is 0 Å². The van der Waals surface area contributed by atoms with Crippen LogP contribution >= 0.6 is 11.8 Å². The fraction of sp³-hybridized carbons (Fsp3) is 0.909. The molecule has 0 aromatic carbocycles. The third kappa shape index (κ3) is 4.43. The summed E-state index contributed by atoms with van der Waals surface area (Å²) in [5.41, 5.74) is -0.379. The minimum absolute atomic E-state index is 0.102. The zero-order chi connectivity index (χ0) is 11.5. The number of nitrogens with zero attached hydrogens (tertiary/aromatic N) is 1. The number of esters is 1. The Hall–Kier alpha value is -0.220. The molecule has 1 aliphatic heterocycles. The molecule has 1 atom stereocenters. The Bertz CT molecular complexity index is 219. The van der Waals surface area contributed by atoms with E-state index >= 15 is 0 Å². The van der Waals surface area contributed by atoms with Gasteiger partial charge in [-0.2, -0.15) is 11.8 Å². The highest BCUT2D eigenvalue weighted by Crippen LogP contribution is 2.15. The molecule has 1 fully saturated rings. The van der Waals surface area contributed by atoms with Crippen LogP contribution in [0.5, 0.6) is 0 Å². The molecule has 0 spiro atoms. The van der Waals surface area contributed by atoms with E-state index in [1.54, 1.807) is 0 Å². The molecule has 1 unspecified atom stereocenters. The van der Waals surface area contributed by atoms with Gasteiger partial charge in [0.2, 0.25) is 0 Å². The van der Waals surface area contributed by atoms with Crippen molar-refractivity contribution in [2.45, 2.75) is 39.3 Å². The molecule has 3 nitrogen and oxygen atoms in total. The number of ether oxygens (including phenoxy) is 1. The van der Waals surface area contributed by atoms with Gasteiger partial charge < -0.3 is 4.74 Å². The lowest BCUT2D eigenvalue weighted by atomic mass is 10.2. The fourth-order valence-electron chi connectivity index (χ4n) is 1.50. The molecule has 88 valence electrons. The van der Waals surface area contributed by atoms with Crippen LogP contribution in [0.2, 0.25) is 0 Å². The predicted octanol–water partition coefficient (Wildman–Crippen LogP) is 1.77. The zero-order valence-electron chi connectivity index (χ0n) is 10.1. The van der Waals surface area contributed by atoms with Crippen LogP contribution in [-0.2, 0) is 9.53 Å². The van der Waals surface area contributed by atoms with Crippen molar-refractivity contribution in [3.63, 3.8) is 0 Å². The third-order valence-electron chi connectivity index (χ3n) is 2.34. The average molecular weight is 231 g/mol. The highest BCUT2D eigenvalue weighted by atomic mass is 32.2. The van der Waals surface area contributed by atoms with Gasteiger partial charge >= 0.3 is 5.97 Å². The van der Waals surface area contributed by atoms with Crippen LogP contribution in [0.1, 0.15) is 27.7 Å². The lowest BCUT2D eigenvalue weighted by Crippen LogP contribution is -2.46. The van der Waals surface area contributed by atoms with Gasteiger partial charge in [0.15, 0.2) is 0 Å². The molecule has 1 rings (SSSR count). The maximum Gasteiger partial charge on any atom is 0.323 e. The van der Waals surface area contributed by atoms with E-state index in [4.69, 9.17) is 4.74 Å². The van der Waals surface area contributed by atoms with E-state index in [1.165, 1.54) is 0 Å². The Morgan fingerprint density at radius 1 is 1.33 bits per heavy atom. The molecular formula is C11H21NO2S. The molecule has 0 aromatic heterocycles. The maximum absolute atomic E-state index is 11.8. The van der Waals surface area contributed by atoms with Crippen molar-refractivity contribution in [2.75, 3.05) is 24.6 Å². The Balaban J connectivity index is 2.44. The Kier molecular flexibility index (Phi) is 4.46. The van der Waals surface area contributed by atoms with Crippen LogP contribution in [0.4, 0.5) is 0 Å². The van der Waals surface area contributed by atoms with Gasteiger partial charge in [-0.25, -0.2) is 0 Å². The van der Waals surface area contributed by atoms with Crippen LogP contribution < -0.4 is 0 Å². The largest absolute Gasteiger partial charge is 0.459 e. The molecule has 0 saturated carbocycles. The fourth-order valence-corrected chi connectivity index (χ4v) is 2.43. The van der Waals surface area contributed by atoms with E-state index < -0.39 is 0 Å². The predicted molar refractivity (Wildman–Crippen MR) is 64.2 cm³/mol. The average Bonchev–Trinajstić information content (AvgIpc) is 2.15. The number of carbonyl (C=O) groups excluding carboxylic acids is 1. The van der Waals surface area contributed by atoms with Crippen molar-refractivity contribution in [2.24, 2.45) is 0 Å². The van der Waals surface area contributed by atoms with Crippen molar-refractivity contribution in [1.29, 1.82) is 0 Å². The molecule has 1 aliphatic rings. The molecule has 0 bridgehead atoms. The lowest BCUT2D eigenvalue weighted by molar-refractivity contribution is -0.160. The van der Waals surface area contributed by atoms with E-state index in [0.717, 1.165) is 24.6 Å². The van der Waals surface area contributed by atoms with Gasteiger partial charge in [-0.3, -0.25) is 9.69 Å². The summed E-state index contributed by atoms with van der Waals surface area (Å²) < 4.78 is 5.37. The summed E-state index contributed by atoms with van der Waals surface area (Å²) in [6.45, 7) is 9.64. The number of hydrogen-bond donors (Lipinski definition) is 0. The Morgan fingerprint density at radius 3 is 2.33 bits per heavy atom. The molecular weight excluding hydrogens is 210 g/mol. The highest BCUT2D eigenvalue weighted by Gasteiger charge is 2.27. The standard InChI is InChI=1S/C11H21NO2S/c1-9(10(13)14-11(2,3)4)12-5-7-15-8-6-12/h9H,5-8H2,1-4H3. The molecule has 1 heterocycles. The van der Waals surface area contributed by atoms with Crippen LogP contribution in [0.15, 0.2) is 0 Å². The highest BCUT2D eigenvalue weighted by molar-refractivity contribution is 7.99. The monoisotopic (exact) mass is 231 g/mol. The quantitative estimate of drug-likeness (QED) is 0.677. The van der Waals surface area contributed by atoms with Gasteiger partial charge in [-0.05, 0) is 27.7 Å². The topological polar surface area (TPSA) is 29.5 Å². The Morgan fingerprint density at radius 2 is 1.87 bits per heavy atom. The summed E-state index contributed by atoms with van der Waals surface area (Å²) in [6.07, 6.45) is 0. The van der Waals surface area contributed by atoms with E-state index in [9.17, 15) is 4.79 Å². The normalized spacial score (nSPS) is 21.1. The molecule has 0 aromatic rings. The van der Waals surface area contributed by atoms with Crippen LogP contribution in [-0.4, -0.2) is 47.1 Å². The summed E-state index contributed by atoms with van der Waals surface area (Å²) in [4.78, 5) is 14.0. The lowest BCUT2D eigenvalue weighted by Gasteiger charge is -2.32. The van der Waals surface area contributed by atoms with E-state index in [1.807, 2.05) is 39.5 Å². The number of thioether (sulfide) groups is 1. The molecule has 4 heteroatoms. The smallest absolute Gasteiger partial charge is 0.323 e. The molecule has 0 aliphatic carbocycles. The van der Waals surface area contributed by atoms with Crippen LogP contribution in [0, 0.1) is 0 Å². The third-order valence-corrected chi connectivity index (χ3v) is 3.28. The second kappa shape index (κ2) is 5.21. The van der Waals surface area contributed by atoms with E-state index in [-0.39, 0.29) is 17.6 Å². The van der Waals surface area contributed by atoms with Crippen molar-refractivity contribution >= 4 is 17.7 Å². The van der Waals surface area contributed by atoms with Crippen molar-refractivity contribution in [1.82, 2.24) is 4.90 Å². The van der Waals surface area contributed by atoms with Crippen molar-refractivity contribution in [3.05, 3.63) is 0 Å². The van der Waals surface area contributed by atoms with Crippen molar-refractivity contribution in [3.8, 4) is 0 Å². The molecule has 0 N–H and O–H groups in total. The van der Waals surface area contributed by atoms with Gasteiger partial charge in [0, 0.05) is 24.6 Å². The maximum atomic E-state index is 11.8. The first kappa shape index (κ1) is 12.8. The summed E-state index contributed by atoms with van der Waals surface area (Å²) in [5.74, 6) is 2.13. The van der Waals surface area contributed by atoms with Crippen LogP contribution in [0.25, 0.3) is 0 Å². The zero-order valence-corrected chi connectivity index (χ0v) is 10.9. The van der Waals surface area contributed by atoms with Gasteiger partial charge in [0.1, 0.15) is 11.6 Å². The Labute approximate surface area is 96.5 Å². The van der Waals surface area contributed by atoms with Gasteiger partial charge in [0.05, 0.1) is 0 Å². The summed E-state index contributed by atoms with van der Waals surface area (Å²) in [5, 5.41) is 0. The minimum atomic E-state index is -0.379. The minimum Gasteiger partial charge on any atom is -0.459 e. The molecule has 0 radical (unpaired) electrons. The first-order chi connectivity index (χ1) is 6.90.